The highest BCUT2D eigenvalue weighted by Gasteiger charge is 2.31. The van der Waals surface area contributed by atoms with Gasteiger partial charge in [-0.15, -0.1) is 0 Å². The van der Waals surface area contributed by atoms with Gasteiger partial charge in [-0.05, 0) is 68.9 Å². The van der Waals surface area contributed by atoms with E-state index in [-0.39, 0.29) is 33.8 Å². The number of piperidine rings is 1. The highest BCUT2D eigenvalue weighted by molar-refractivity contribution is 7.89. The summed E-state index contributed by atoms with van der Waals surface area (Å²) in [5.41, 5.74) is 1.95. The average Bonchev–Trinajstić information content (AvgIpc) is 3.05. The number of benzene rings is 1. The number of nitrogens with zero attached hydrogens (tertiary/aromatic N) is 1. The first kappa shape index (κ1) is 24.9. The van der Waals surface area contributed by atoms with Crippen molar-refractivity contribution in [2.24, 2.45) is 11.8 Å². The average molecular weight is 475 g/mol. The number of hydrogen-bond donors (Lipinski definition) is 1. The van der Waals surface area contributed by atoms with E-state index in [0.717, 1.165) is 6.42 Å². The van der Waals surface area contributed by atoms with Crippen LogP contribution < -0.4 is 0 Å². The number of ether oxygens (including phenoxy) is 1. The fraction of sp³-hybridized carbons (Fsp3) is 0.458. The number of nitrogens with one attached hydrogen (secondary N) is 1. The maximum atomic E-state index is 13.0. The smallest absolute Gasteiger partial charge is 0.338 e. The van der Waals surface area contributed by atoms with Crippen molar-refractivity contribution in [1.82, 2.24) is 9.29 Å². The quantitative estimate of drug-likeness (QED) is 0.485. The number of aromatic amines is 1. The molecule has 0 spiro atoms. The third kappa shape index (κ3) is 5.25. The molecule has 0 saturated carbocycles. The van der Waals surface area contributed by atoms with E-state index >= 15 is 0 Å². The lowest BCUT2D eigenvalue weighted by atomic mass is 9.94. The van der Waals surface area contributed by atoms with Crippen LogP contribution >= 0.6 is 0 Å². The summed E-state index contributed by atoms with van der Waals surface area (Å²) in [6.45, 7) is 9.31. The van der Waals surface area contributed by atoms with Gasteiger partial charge in [-0.1, -0.05) is 13.8 Å². The maximum absolute atomic E-state index is 13.0. The van der Waals surface area contributed by atoms with Crippen LogP contribution in [0.1, 0.15) is 69.7 Å². The zero-order valence-electron chi connectivity index (χ0n) is 19.6. The van der Waals surface area contributed by atoms with E-state index in [2.05, 4.69) is 4.98 Å². The van der Waals surface area contributed by atoms with Gasteiger partial charge in [0.2, 0.25) is 15.8 Å². The standard InChI is InChI=1S/C24H30N2O6S/c1-14-10-15(2)12-26(11-14)33(30,31)20-8-6-19(7-9-20)24(29)32-13-21(28)23-16(3)22(18(5)27)17(4)25-23/h6-9,14-15,25H,10-13H2,1-5H3/t14-,15-/m0/s1. The van der Waals surface area contributed by atoms with E-state index in [1.807, 2.05) is 13.8 Å². The molecular formula is C24H30N2O6S. The van der Waals surface area contributed by atoms with Crippen LogP contribution in [0, 0.1) is 25.7 Å². The van der Waals surface area contributed by atoms with Crippen molar-refractivity contribution in [3.63, 3.8) is 0 Å². The molecule has 2 aromatic rings. The van der Waals surface area contributed by atoms with E-state index in [4.69, 9.17) is 4.74 Å². The number of aromatic nitrogens is 1. The number of H-pyrrole nitrogens is 1. The predicted octanol–water partition coefficient (Wildman–Crippen LogP) is 3.54. The number of carbonyl (C=O) groups excluding carboxylic acids is 3. The first-order valence-electron chi connectivity index (χ1n) is 10.9. The highest BCUT2D eigenvalue weighted by Crippen LogP contribution is 2.27. The Balaban J connectivity index is 1.67. The van der Waals surface area contributed by atoms with Gasteiger partial charge in [0, 0.05) is 24.3 Å². The lowest BCUT2D eigenvalue weighted by Crippen LogP contribution is -2.42. The Labute approximate surface area is 194 Å². The Morgan fingerprint density at radius 3 is 2.15 bits per heavy atom. The summed E-state index contributed by atoms with van der Waals surface area (Å²) < 4.78 is 32.6. The van der Waals surface area contributed by atoms with Gasteiger partial charge in [0.25, 0.3) is 0 Å². The Morgan fingerprint density at radius 1 is 1.06 bits per heavy atom. The second kappa shape index (κ2) is 9.61. The SMILES string of the molecule is CC(=O)c1c(C)[nH]c(C(=O)COC(=O)c2ccc(S(=O)(=O)N3C[C@@H](C)C[C@H](C)C3)cc2)c1C. The van der Waals surface area contributed by atoms with Crippen LogP contribution in [0.5, 0.6) is 0 Å². The Morgan fingerprint density at radius 2 is 1.64 bits per heavy atom. The number of rotatable bonds is 7. The lowest BCUT2D eigenvalue weighted by Gasteiger charge is -2.34. The first-order valence-corrected chi connectivity index (χ1v) is 12.4. The largest absolute Gasteiger partial charge is 0.454 e. The van der Waals surface area contributed by atoms with Crippen molar-refractivity contribution in [2.75, 3.05) is 19.7 Å². The van der Waals surface area contributed by atoms with Gasteiger partial charge in [0.15, 0.2) is 12.4 Å². The Hall–Kier alpha value is -2.78. The molecule has 33 heavy (non-hydrogen) atoms. The third-order valence-corrected chi connectivity index (χ3v) is 7.81. The molecule has 1 saturated heterocycles. The fourth-order valence-electron chi connectivity index (χ4n) is 4.56. The monoisotopic (exact) mass is 474 g/mol. The first-order chi connectivity index (χ1) is 15.4. The van der Waals surface area contributed by atoms with Gasteiger partial charge < -0.3 is 9.72 Å². The highest BCUT2D eigenvalue weighted by atomic mass is 32.2. The van der Waals surface area contributed by atoms with Crippen LogP contribution in [0.4, 0.5) is 0 Å². The molecule has 0 radical (unpaired) electrons. The number of carbonyl (C=O) groups is 3. The molecule has 2 atom stereocenters. The molecule has 8 nitrogen and oxygen atoms in total. The van der Waals surface area contributed by atoms with Crippen LogP contribution in [-0.2, 0) is 14.8 Å². The molecule has 1 aliphatic rings. The molecule has 0 amide bonds. The van der Waals surface area contributed by atoms with Crippen LogP contribution in [0.25, 0.3) is 0 Å². The van der Waals surface area contributed by atoms with Gasteiger partial charge in [0.05, 0.1) is 16.2 Å². The van der Waals surface area contributed by atoms with E-state index in [9.17, 15) is 22.8 Å². The topological polar surface area (TPSA) is 114 Å². The number of sulfonamides is 1. The molecule has 1 aromatic carbocycles. The normalized spacial score (nSPS) is 19.3. The van der Waals surface area contributed by atoms with Crippen molar-refractivity contribution in [3.05, 3.63) is 52.3 Å². The van der Waals surface area contributed by atoms with Crippen molar-refractivity contribution in [2.45, 2.75) is 45.9 Å². The third-order valence-electron chi connectivity index (χ3n) is 5.97. The summed E-state index contributed by atoms with van der Waals surface area (Å²) in [5.74, 6) is -0.770. The van der Waals surface area contributed by atoms with Crippen molar-refractivity contribution >= 4 is 27.6 Å². The number of Topliss-reactive ketones (excluding diaryl/α,β-unsaturated/α-hetero) is 2. The number of aryl methyl sites for hydroxylation is 1. The minimum atomic E-state index is -3.65. The molecule has 0 aliphatic carbocycles. The Kier molecular flexibility index (Phi) is 7.23. The zero-order chi connectivity index (χ0) is 24.5. The lowest BCUT2D eigenvalue weighted by molar-refractivity contribution is 0.0473. The van der Waals surface area contributed by atoms with E-state index in [1.165, 1.54) is 35.5 Å². The van der Waals surface area contributed by atoms with Gasteiger partial charge in [-0.2, -0.15) is 4.31 Å². The molecule has 178 valence electrons. The number of esters is 1. The Bertz CT molecular complexity index is 1170. The summed E-state index contributed by atoms with van der Waals surface area (Å²) in [7, 11) is -3.65. The minimum Gasteiger partial charge on any atom is -0.454 e. The van der Waals surface area contributed by atoms with Crippen LogP contribution in [0.3, 0.4) is 0 Å². The molecule has 3 rings (SSSR count). The molecule has 1 N–H and O–H groups in total. The van der Waals surface area contributed by atoms with E-state index in [0.29, 0.717) is 29.9 Å². The molecule has 9 heteroatoms. The molecule has 2 heterocycles. The van der Waals surface area contributed by atoms with Crippen molar-refractivity contribution in [1.29, 1.82) is 0 Å². The molecular weight excluding hydrogens is 444 g/mol. The second-order valence-corrected chi connectivity index (χ2v) is 10.9. The maximum Gasteiger partial charge on any atom is 0.338 e. The summed E-state index contributed by atoms with van der Waals surface area (Å²) >= 11 is 0. The van der Waals surface area contributed by atoms with Crippen LogP contribution in [0.15, 0.2) is 29.2 Å². The van der Waals surface area contributed by atoms with Gasteiger partial charge in [-0.25, -0.2) is 13.2 Å². The van der Waals surface area contributed by atoms with E-state index < -0.39 is 28.4 Å². The number of hydrogen-bond acceptors (Lipinski definition) is 6. The molecule has 0 bridgehead atoms. The minimum absolute atomic E-state index is 0.116. The number of ketones is 2. The fourth-order valence-corrected chi connectivity index (χ4v) is 6.24. The summed E-state index contributed by atoms with van der Waals surface area (Å²) in [5, 5.41) is 0. The summed E-state index contributed by atoms with van der Waals surface area (Å²) in [6, 6.07) is 5.54. The van der Waals surface area contributed by atoms with E-state index in [1.54, 1.807) is 13.8 Å². The van der Waals surface area contributed by atoms with Crippen LogP contribution in [0.2, 0.25) is 0 Å². The summed E-state index contributed by atoms with van der Waals surface area (Å²) in [4.78, 5) is 39.6. The van der Waals surface area contributed by atoms with Crippen LogP contribution in [-0.4, -0.2) is 54.9 Å². The van der Waals surface area contributed by atoms with Gasteiger partial charge in [-0.3, -0.25) is 9.59 Å². The second-order valence-electron chi connectivity index (χ2n) is 8.97. The molecule has 1 fully saturated rings. The van der Waals surface area contributed by atoms with Crippen molar-refractivity contribution < 1.29 is 27.5 Å². The predicted molar refractivity (Wildman–Crippen MR) is 123 cm³/mol. The van der Waals surface area contributed by atoms with Crippen molar-refractivity contribution in [3.8, 4) is 0 Å². The summed E-state index contributed by atoms with van der Waals surface area (Å²) in [6.07, 6.45) is 0.993. The zero-order valence-corrected chi connectivity index (χ0v) is 20.4. The molecule has 1 aromatic heterocycles. The van der Waals surface area contributed by atoms with Gasteiger partial charge >= 0.3 is 5.97 Å². The molecule has 1 aliphatic heterocycles. The van der Waals surface area contributed by atoms with Gasteiger partial charge in [0.1, 0.15) is 0 Å². The molecule has 0 unspecified atom stereocenters.